The number of anilines is 2. The summed E-state index contributed by atoms with van der Waals surface area (Å²) < 4.78 is 13.0. The highest BCUT2D eigenvalue weighted by Crippen LogP contribution is 2.27. The molecular formula is C18H16ClFN2O2. The van der Waals surface area contributed by atoms with Gasteiger partial charge in [-0.05, 0) is 48.9 Å². The Morgan fingerprint density at radius 1 is 1.25 bits per heavy atom. The van der Waals surface area contributed by atoms with Gasteiger partial charge in [-0.25, -0.2) is 4.39 Å². The number of benzene rings is 2. The molecule has 0 aliphatic carbocycles. The van der Waals surface area contributed by atoms with Gasteiger partial charge in [-0.3, -0.25) is 9.59 Å². The molecule has 0 radical (unpaired) electrons. The lowest BCUT2D eigenvalue weighted by Crippen LogP contribution is -2.28. The van der Waals surface area contributed by atoms with Crippen molar-refractivity contribution >= 4 is 34.8 Å². The van der Waals surface area contributed by atoms with Crippen molar-refractivity contribution < 1.29 is 14.0 Å². The van der Waals surface area contributed by atoms with Gasteiger partial charge in [0.15, 0.2) is 0 Å². The molecule has 2 aromatic carbocycles. The van der Waals surface area contributed by atoms with Crippen LogP contribution in [0.25, 0.3) is 0 Å². The Bertz CT molecular complexity index is 792. The van der Waals surface area contributed by atoms with Crippen molar-refractivity contribution in [1.29, 1.82) is 0 Å². The smallest absolute Gasteiger partial charge is 0.229 e. The lowest BCUT2D eigenvalue weighted by molar-refractivity contribution is -0.122. The van der Waals surface area contributed by atoms with Gasteiger partial charge in [0.1, 0.15) is 5.82 Å². The van der Waals surface area contributed by atoms with Gasteiger partial charge in [0.25, 0.3) is 0 Å². The number of rotatable bonds is 3. The lowest BCUT2D eigenvalue weighted by atomic mass is 10.1. The number of nitrogens with zero attached hydrogens (tertiary/aromatic N) is 1. The predicted octanol–water partition coefficient (Wildman–Crippen LogP) is 3.78. The zero-order chi connectivity index (χ0) is 17.3. The zero-order valence-corrected chi connectivity index (χ0v) is 13.8. The summed E-state index contributed by atoms with van der Waals surface area (Å²) in [5.74, 6) is -1.20. The van der Waals surface area contributed by atoms with Crippen molar-refractivity contribution in [2.45, 2.75) is 13.3 Å². The van der Waals surface area contributed by atoms with Crippen molar-refractivity contribution in [2.75, 3.05) is 16.8 Å². The van der Waals surface area contributed by atoms with E-state index in [-0.39, 0.29) is 30.6 Å². The molecule has 1 heterocycles. The molecule has 124 valence electrons. The minimum Gasteiger partial charge on any atom is -0.326 e. The van der Waals surface area contributed by atoms with Crippen molar-refractivity contribution in [3.05, 3.63) is 58.9 Å². The van der Waals surface area contributed by atoms with Crippen LogP contribution in [0.5, 0.6) is 0 Å². The summed E-state index contributed by atoms with van der Waals surface area (Å²) in [4.78, 5) is 26.1. The van der Waals surface area contributed by atoms with Crippen LogP contribution in [0, 0.1) is 18.7 Å². The van der Waals surface area contributed by atoms with Crippen molar-refractivity contribution in [3.63, 3.8) is 0 Å². The second-order valence-electron chi connectivity index (χ2n) is 5.84. The summed E-state index contributed by atoms with van der Waals surface area (Å²) in [7, 11) is 0. The average molecular weight is 347 g/mol. The summed E-state index contributed by atoms with van der Waals surface area (Å²) in [6.07, 6.45) is 0.128. The van der Waals surface area contributed by atoms with E-state index in [1.165, 1.54) is 29.2 Å². The van der Waals surface area contributed by atoms with Crippen LogP contribution in [0.3, 0.4) is 0 Å². The fourth-order valence-electron chi connectivity index (χ4n) is 2.67. The van der Waals surface area contributed by atoms with Crippen LogP contribution in [-0.2, 0) is 9.59 Å². The number of carbonyl (C=O) groups is 2. The third-order valence-electron chi connectivity index (χ3n) is 4.07. The largest absolute Gasteiger partial charge is 0.326 e. The maximum atomic E-state index is 13.0. The van der Waals surface area contributed by atoms with E-state index in [2.05, 4.69) is 5.32 Å². The minimum atomic E-state index is -0.456. The number of nitrogens with one attached hydrogen (secondary N) is 1. The molecule has 2 amide bonds. The molecule has 0 saturated carbocycles. The fourth-order valence-corrected chi connectivity index (χ4v) is 2.85. The number of amides is 2. The van der Waals surface area contributed by atoms with Crippen LogP contribution < -0.4 is 10.2 Å². The normalized spacial score (nSPS) is 17.2. The summed E-state index contributed by atoms with van der Waals surface area (Å²) in [6, 6.07) is 10.9. The van der Waals surface area contributed by atoms with Crippen molar-refractivity contribution in [3.8, 4) is 0 Å². The Hall–Kier alpha value is -2.40. The van der Waals surface area contributed by atoms with E-state index in [9.17, 15) is 14.0 Å². The van der Waals surface area contributed by atoms with Gasteiger partial charge in [0.2, 0.25) is 11.8 Å². The van der Waals surface area contributed by atoms with Crippen molar-refractivity contribution in [1.82, 2.24) is 0 Å². The molecule has 1 aliphatic rings. The molecule has 0 aromatic heterocycles. The first-order valence-electron chi connectivity index (χ1n) is 7.57. The van der Waals surface area contributed by atoms with Gasteiger partial charge in [0.05, 0.1) is 5.92 Å². The van der Waals surface area contributed by atoms with E-state index in [1.807, 2.05) is 13.0 Å². The summed E-state index contributed by atoms with van der Waals surface area (Å²) in [5, 5.41) is 3.36. The zero-order valence-electron chi connectivity index (χ0n) is 13.1. The van der Waals surface area contributed by atoms with E-state index < -0.39 is 5.92 Å². The Morgan fingerprint density at radius 3 is 2.62 bits per heavy atom. The van der Waals surface area contributed by atoms with Gasteiger partial charge in [-0.15, -0.1) is 0 Å². The number of carbonyl (C=O) groups excluding carboxylic acids is 2. The van der Waals surface area contributed by atoms with Crippen LogP contribution in [-0.4, -0.2) is 18.4 Å². The molecule has 0 spiro atoms. The molecule has 3 rings (SSSR count). The molecule has 4 nitrogen and oxygen atoms in total. The highest BCUT2D eigenvalue weighted by atomic mass is 35.5. The first-order chi connectivity index (χ1) is 11.4. The molecule has 0 bridgehead atoms. The van der Waals surface area contributed by atoms with E-state index >= 15 is 0 Å². The summed E-state index contributed by atoms with van der Waals surface area (Å²) >= 11 is 6.05. The van der Waals surface area contributed by atoms with Crippen LogP contribution >= 0.6 is 11.6 Å². The van der Waals surface area contributed by atoms with Gasteiger partial charge < -0.3 is 10.2 Å². The maximum Gasteiger partial charge on any atom is 0.229 e. The van der Waals surface area contributed by atoms with E-state index in [1.54, 1.807) is 12.1 Å². The first kappa shape index (κ1) is 16.5. The van der Waals surface area contributed by atoms with Gasteiger partial charge in [-0.1, -0.05) is 17.7 Å². The second-order valence-corrected chi connectivity index (χ2v) is 6.24. The number of hydrogen-bond donors (Lipinski definition) is 1. The van der Waals surface area contributed by atoms with E-state index in [0.29, 0.717) is 16.4 Å². The summed E-state index contributed by atoms with van der Waals surface area (Å²) in [5.41, 5.74) is 2.12. The number of hydrogen-bond acceptors (Lipinski definition) is 2. The molecule has 2 aromatic rings. The third kappa shape index (κ3) is 3.41. The predicted molar refractivity (Wildman–Crippen MR) is 91.7 cm³/mol. The van der Waals surface area contributed by atoms with Crippen LogP contribution in [0.1, 0.15) is 12.0 Å². The highest BCUT2D eigenvalue weighted by Gasteiger charge is 2.35. The van der Waals surface area contributed by atoms with Crippen LogP contribution in [0.15, 0.2) is 42.5 Å². The van der Waals surface area contributed by atoms with E-state index in [4.69, 9.17) is 11.6 Å². The topological polar surface area (TPSA) is 49.4 Å². The Morgan fingerprint density at radius 2 is 1.96 bits per heavy atom. The monoisotopic (exact) mass is 346 g/mol. The summed E-state index contributed by atoms with van der Waals surface area (Å²) in [6.45, 7) is 2.15. The Balaban J connectivity index is 1.69. The van der Waals surface area contributed by atoms with Gasteiger partial charge in [0, 0.05) is 29.4 Å². The second kappa shape index (κ2) is 6.61. The average Bonchev–Trinajstić information content (AvgIpc) is 2.94. The quantitative estimate of drug-likeness (QED) is 0.919. The molecule has 1 N–H and O–H groups in total. The number of halogens is 2. The molecule has 1 atom stereocenters. The van der Waals surface area contributed by atoms with Crippen LogP contribution in [0.4, 0.5) is 15.8 Å². The molecule has 0 unspecified atom stereocenters. The minimum absolute atomic E-state index is 0.128. The van der Waals surface area contributed by atoms with Crippen molar-refractivity contribution in [2.24, 2.45) is 5.92 Å². The standard InChI is InChI=1S/C18H16ClFN2O2/c1-11-2-5-14(9-16(11)19)21-18(24)12-8-17(23)22(10-12)15-6-3-13(20)4-7-15/h2-7,9,12H,8,10H2,1H3,(H,21,24)/t12-/m0/s1. The SMILES string of the molecule is Cc1ccc(NC(=O)[C@H]2CC(=O)N(c3ccc(F)cc3)C2)cc1Cl. The Kier molecular flexibility index (Phi) is 4.53. The maximum absolute atomic E-state index is 13.0. The molecule has 6 heteroatoms. The third-order valence-corrected chi connectivity index (χ3v) is 4.48. The molecule has 24 heavy (non-hydrogen) atoms. The molecule has 1 aliphatic heterocycles. The van der Waals surface area contributed by atoms with Crippen LogP contribution in [0.2, 0.25) is 5.02 Å². The van der Waals surface area contributed by atoms with Gasteiger partial charge >= 0.3 is 0 Å². The molecule has 1 saturated heterocycles. The molecule has 1 fully saturated rings. The lowest BCUT2D eigenvalue weighted by Gasteiger charge is -2.16. The molecular weight excluding hydrogens is 331 g/mol. The fraction of sp³-hybridized carbons (Fsp3) is 0.222. The highest BCUT2D eigenvalue weighted by molar-refractivity contribution is 6.31. The van der Waals surface area contributed by atoms with Gasteiger partial charge in [-0.2, -0.15) is 0 Å². The first-order valence-corrected chi connectivity index (χ1v) is 7.95. The number of aryl methyl sites for hydroxylation is 1. The Labute approximate surface area is 144 Å². The van der Waals surface area contributed by atoms with E-state index in [0.717, 1.165) is 5.56 Å².